The fourth-order valence-electron chi connectivity index (χ4n) is 0.287. The Kier molecular flexibility index (Phi) is 3.02. The van der Waals surface area contributed by atoms with Gasteiger partial charge in [-0.3, -0.25) is 5.41 Å². The number of nitrogens with one attached hydrogen (secondary N) is 1. The Morgan fingerprint density at radius 2 is 1.89 bits per heavy atom. The van der Waals surface area contributed by atoms with E-state index in [0.29, 0.717) is 10.5 Å². The summed E-state index contributed by atoms with van der Waals surface area (Å²) in [5.41, 5.74) is 0.795. The molecule has 0 amide bonds. The normalized spacial score (nSPS) is 8.11. The lowest BCUT2D eigenvalue weighted by Crippen LogP contribution is -1.95. The molecule has 2 heteroatoms. The van der Waals surface area contributed by atoms with Crippen LogP contribution >= 0.6 is 12.6 Å². The van der Waals surface area contributed by atoms with Crippen molar-refractivity contribution >= 4 is 18.3 Å². The number of hydrogen-bond donors (Lipinski definition) is 2. The van der Waals surface area contributed by atoms with Crippen molar-refractivity contribution in [3.63, 3.8) is 0 Å². The highest BCUT2D eigenvalue weighted by molar-refractivity contribution is 7.85. The molecule has 1 N–H and O–H groups in total. The average molecular weight is 139 g/mol. The summed E-state index contributed by atoms with van der Waals surface area (Å²) in [4.78, 5) is 0.417. The minimum Gasteiger partial charge on any atom is -0.299 e. The molecule has 0 spiro atoms. The van der Waals surface area contributed by atoms with Crippen molar-refractivity contribution in [3.8, 4) is 0 Å². The molecule has 0 aromatic carbocycles. The van der Waals surface area contributed by atoms with Crippen molar-refractivity contribution < 1.29 is 0 Å². The smallest absolute Gasteiger partial charge is 0.0733 e. The second kappa shape index (κ2) is 3.30. The van der Waals surface area contributed by atoms with Crippen LogP contribution in [0.4, 0.5) is 0 Å². The maximum absolute atomic E-state index is 7.20. The monoisotopic (exact) mass is 139 g/mol. The van der Waals surface area contributed by atoms with Gasteiger partial charge in [-0.2, -0.15) is 0 Å². The van der Waals surface area contributed by atoms with Gasteiger partial charge in [0.2, 0.25) is 0 Å². The van der Waals surface area contributed by atoms with Gasteiger partial charge in [0.25, 0.3) is 0 Å². The van der Waals surface area contributed by atoms with Crippen LogP contribution in [-0.4, -0.2) is 5.71 Å². The highest BCUT2D eigenvalue weighted by Gasteiger charge is 1.97. The maximum atomic E-state index is 7.20. The lowest BCUT2D eigenvalue weighted by molar-refractivity contribution is 1.51. The predicted molar refractivity (Wildman–Crippen MR) is 45.2 cm³/mol. The van der Waals surface area contributed by atoms with Crippen LogP contribution in [0.3, 0.4) is 0 Å². The summed E-state index contributed by atoms with van der Waals surface area (Å²) in [6.07, 6.45) is 1.50. The van der Waals surface area contributed by atoms with Gasteiger partial charge in [-0.05, 0) is 5.57 Å². The summed E-state index contributed by atoms with van der Waals surface area (Å²) in [6, 6.07) is 0. The van der Waals surface area contributed by atoms with Gasteiger partial charge in [-0.15, -0.1) is 12.6 Å². The van der Waals surface area contributed by atoms with Crippen LogP contribution in [0.5, 0.6) is 0 Å². The van der Waals surface area contributed by atoms with E-state index in [1.165, 1.54) is 6.08 Å². The van der Waals surface area contributed by atoms with Crippen molar-refractivity contribution in [2.45, 2.75) is 0 Å². The molecule has 0 bridgehead atoms. The second-order valence-corrected chi connectivity index (χ2v) is 2.09. The first-order chi connectivity index (χ1) is 4.09. The van der Waals surface area contributed by atoms with E-state index >= 15 is 0 Å². The van der Waals surface area contributed by atoms with Gasteiger partial charge in [0, 0.05) is 4.91 Å². The molecule has 1 nitrogen and oxygen atoms in total. The minimum absolute atomic E-state index is 0.244. The predicted octanol–water partition coefficient (Wildman–Crippen LogP) is 2.19. The molecule has 0 radical (unpaired) electrons. The van der Waals surface area contributed by atoms with Gasteiger partial charge in [0.1, 0.15) is 0 Å². The zero-order chi connectivity index (χ0) is 7.44. The first kappa shape index (κ1) is 8.24. The number of hydrogen-bond acceptors (Lipinski definition) is 2. The Hall–Kier alpha value is -0.760. The molecule has 0 aliphatic heterocycles. The zero-order valence-electron chi connectivity index (χ0n) is 5.15. The zero-order valence-corrected chi connectivity index (χ0v) is 6.04. The third-order valence-corrected chi connectivity index (χ3v) is 1.08. The van der Waals surface area contributed by atoms with Crippen LogP contribution in [0.15, 0.2) is 36.3 Å². The Morgan fingerprint density at radius 3 is 2.00 bits per heavy atom. The Balaban J connectivity index is 4.22. The number of allylic oxidation sites excluding steroid dienone is 3. The van der Waals surface area contributed by atoms with Gasteiger partial charge in [-0.1, -0.05) is 25.8 Å². The highest BCUT2D eigenvalue weighted by atomic mass is 32.1. The molecule has 0 heterocycles. The molecule has 0 unspecified atom stereocenters. The van der Waals surface area contributed by atoms with Crippen LogP contribution in [0.25, 0.3) is 0 Å². The van der Waals surface area contributed by atoms with Crippen LogP contribution in [0, 0.1) is 5.41 Å². The van der Waals surface area contributed by atoms with Crippen molar-refractivity contribution in [3.05, 3.63) is 36.3 Å². The van der Waals surface area contributed by atoms with Crippen LogP contribution < -0.4 is 0 Å². The summed E-state index contributed by atoms with van der Waals surface area (Å²) >= 11 is 3.86. The summed E-state index contributed by atoms with van der Waals surface area (Å²) in [5, 5.41) is 7.20. The SMILES string of the molecule is C=CC(=C)C(=N)C(=C)S. The molecular weight excluding hydrogens is 130 g/mol. The molecule has 0 saturated carbocycles. The number of rotatable bonds is 3. The van der Waals surface area contributed by atoms with E-state index in [4.69, 9.17) is 5.41 Å². The fraction of sp³-hybridized carbons (Fsp3) is 0. The van der Waals surface area contributed by atoms with Crippen molar-refractivity contribution in [1.82, 2.24) is 0 Å². The molecule has 48 valence electrons. The van der Waals surface area contributed by atoms with Gasteiger partial charge < -0.3 is 0 Å². The lowest BCUT2D eigenvalue weighted by atomic mass is 10.2. The van der Waals surface area contributed by atoms with E-state index in [-0.39, 0.29) is 5.71 Å². The minimum atomic E-state index is 0.244. The molecule has 9 heavy (non-hydrogen) atoms. The molecule has 0 aliphatic rings. The van der Waals surface area contributed by atoms with E-state index < -0.39 is 0 Å². The molecular formula is C7H9NS. The van der Waals surface area contributed by atoms with Gasteiger partial charge in [0.05, 0.1) is 5.71 Å². The van der Waals surface area contributed by atoms with Crippen LogP contribution in [0.2, 0.25) is 0 Å². The van der Waals surface area contributed by atoms with E-state index in [0.717, 1.165) is 0 Å². The molecule has 0 aliphatic carbocycles. The first-order valence-corrected chi connectivity index (χ1v) is 2.82. The molecule has 0 fully saturated rings. The largest absolute Gasteiger partial charge is 0.299 e. The van der Waals surface area contributed by atoms with Crippen molar-refractivity contribution in [2.24, 2.45) is 0 Å². The van der Waals surface area contributed by atoms with Crippen molar-refractivity contribution in [1.29, 1.82) is 5.41 Å². The molecule has 0 aromatic rings. The van der Waals surface area contributed by atoms with Crippen molar-refractivity contribution in [2.75, 3.05) is 0 Å². The van der Waals surface area contributed by atoms with Gasteiger partial charge >= 0.3 is 0 Å². The highest BCUT2D eigenvalue weighted by Crippen LogP contribution is 2.05. The fourth-order valence-corrected chi connectivity index (χ4v) is 0.431. The summed E-state index contributed by atoms with van der Waals surface area (Å²) in [5.74, 6) is 0. The van der Waals surface area contributed by atoms with E-state index in [2.05, 4.69) is 32.4 Å². The quantitative estimate of drug-likeness (QED) is 0.340. The third-order valence-electron chi connectivity index (χ3n) is 0.856. The van der Waals surface area contributed by atoms with Gasteiger partial charge in [0.15, 0.2) is 0 Å². The lowest BCUT2D eigenvalue weighted by Gasteiger charge is -1.98. The Labute approximate surface area is 60.7 Å². The molecule has 0 saturated heterocycles. The summed E-state index contributed by atoms with van der Waals surface area (Å²) < 4.78 is 0. The van der Waals surface area contributed by atoms with Gasteiger partial charge in [-0.25, -0.2) is 0 Å². The summed E-state index contributed by atoms with van der Waals surface area (Å²) in [6.45, 7) is 10.4. The van der Waals surface area contributed by atoms with E-state index in [1.54, 1.807) is 0 Å². The molecule has 0 atom stereocenters. The Bertz CT molecular complexity index is 179. The third kappa shape index (κ3) is 2.33. The average Bonchev–Trinajstić information content (AvgIpc) is 1.84. The molecule has 0 aromatic heterocycles. The van der Waals surface area contributed by atoms with Crippen LogP contribution in [0.1, 0.15) is 0 Å². The second-order valence-electron chi connectivity index (χ2n) is 1.55. The topological polar surface area (TPSA) is 23.9 Å². The summed E-state index contributed by atoms with van der Waals surface area (Å²) in [7, 11) is 0. The molecule has 0 rings (SSSR count). The standard InChI is InChI=1S/C7H9NS/c1-4-5(2)7(8)6(3)9/h4,8-9H,1-3H2. The first-order valence-electron chi connectivity index (χ1n) is 2.38. The van der Waals surface area contributed by atoms with Crippen LogP contribution in [-0.2, 0) is 0 Å². The van der Waals surface area contributed by atoms with E-state index in [1.807, 2.05) is 0 Å². The number of thiol groups is 1. The van der Waals surface area contributed by atoms with E-state index in [9.17, 15) is 0 Å². The Morgan fingerprint density at radius 1 is 1.44 bits per heavy atom. The maximum Gasteiger partial charge on any atom is 0.0733 e.